The molecule has 0 fully saturated rings. The summed E-state index contributed by atoms with van der Waals surface area (Å²) in [6.45, 7) is 28.9. The summed E-state index contributed by atoms with van der Waals surface area (Å²) in [6.07, 6.45) is 5.67. The van der Waals surface area contributed by atoms with Crippen molar-refractivity contribution in [3.8, 4) is 0 Å². The van der Waals surface area contributed by atoms with E-state index in [1.807, 2.05) is 60.6 Å². The van der Waals surface area contributed by atoms with Gasteiger partial charge in [0.05, 0.1) is 74.8 Å². The van der Waals surface area contributed by atoms with Crippen molar-refractivity contribution in [3.63, 3.8) is 0 Å². The van der Waals surface area contributed by atoms with E-state index in [-0.39, 0.29) is 123 Å². The number of Topliss-reactive ketones (excluding diaryl/α,β-unsaturated/α-hetero) is 1. The molecule has 0 aromatic heterocycles. The molecule has 4 atom stereocenters. The number of nitrogens with zero attached hydrogens (tertiary/aromatic N) is 1. The number of benzene rings is 13. The highest BCUT2D eigenvalue weighted by Crippen LogP contribution is 2.70. The molecule has 0 bridgehead atoms. The van der Waals surface area contributed by atoms with Crippen molar-refractivity contribution >= 4 is 245 Å². The molecule has 22 nitrogen and oxygen atoms in total. The van der Waals surface area contributed by atoms with E-state index >= 15 is 0 Å². The van der Waals surface area contributed by atoms with Crippen molar-refractivity contribution in [3.05, 3.63) is 166 Å². The Labute approximate surface area is 875 Å². The van der Waals surface area contributed by atoms with Crippen LogP contribution in [-0.2, 0) is 93.9 Å². The molecule has 0 saturated carbocycles. The molecule has 3 N–H and O–H groups in total. The van der Waals surface area contributed by atoms with Crippen LogP contribution in [-0.4, -0.2) is 197 Å². The molecule has 0 spiro atoms. The van der Waals surface area contributed by atoms with Gasteiger partial charge in [-0.2, -0.15) is 23.5 Å². The van der Waals surface area contributed by atoms with Crippen molar-refractivity contribution in [1.29, 1.82) is 0 Å². The third-order valence-corrected chi connectivity index (χ3v) is 34.7. The molecule has 21 rings (SSSR count). The third kappa shape index (κ3) is 19.5. The van der Waals surface area contributed by atoms with Crippen LogP contribution in [0.2, 0.25) is 0 Å². The highest BCUT2D eigenvalue weighted by atomic mass is 79.9. The number of ketones is 1. The van der Waals surface area contributed by atoms with E-state index in [2.05, 4.69) is 129 Å². The van der Waals surface area contributed by atoms with Crippen molar-refractivity contribution in [1.82, 2.24) is 5.32 Å². The van der Waals surface area contributed by atoms with Crippen LogP contribution in [0.5, 0.6) is 0 Å². The molecule has 3 aliphatic rings. The Balaban J connectivity index is 0.000000148. The molecule has 0 heterocycles. The number of carbonyl (C=O) groups is 10. The molecule has 25 heteroatoms. The second-order valence-corrected chi connectivity index (χ2v) is 47.1. The van der Waals surface area contributed by atoms with E-state index in [1.54, 1.807) is 87.7 Å². The summed E-state index contributed by atoms with van der Waals surface area (Å²) >= 11 is 2.90. The summed E-state index contributed by atoms with van der Waals surface area (Å²) in [5.41, 5.74) is 8.06. The van der Waals surface area contributed by atoms with Gasteiger partial charge in [0.1, 0.15) is 58.4 Å². The van der Waals surface area contributed by atoms with Crippen molar-refractivity contribution < 1.29 is 118 Å². The largest absolute Gasteiger partial charge is 1.00 e. The van der Waals surface area contributed by atoms with Crippen LogP contribution in [0.3, 0.4) is 0 Å². The number of rotatable bonds is 44. The number of likely N-dealkylation sites (N-methyl/N-ethyl adjacent to an activating group) is 1. The van der Waals surface area contributed by atoms with E-state index in [4.69, 9.17) is 37.9 Å². The first-order valence-electron chi connectivity index (χ1n) is 51.8. The summed E-state index contributed by atoms with van der Waals surface area (Å²) in [5, 5.41) is 66.1. The minimum atomic E-state index is -1.05. The number of aliphatic hydroxyl groups is 2. The number of nitrogens with one attached hydrogen (secondary N) is 1. The lowest BCUT2D eigenvalue weighted by Gasteiger charge is -2.29. The third-order valence-electron chi connectivity index (χ3n) is 31.9. The first-order chi connectivity index (χ1) is 69.5. The summed E-state index contributed by atoms with van der Waals surface area (Å²) < 4.78 is 41.1. The highest BCUT2D eigenvalue weighted by molar-refractivity contribution is 7.99. The minimum absolute atomic E-state index is 0. The molecular weight excluding hydrogens is 1960 g/mol. The summed E-state index contributed by atoms with van der Waals surface area (Å²) in [4.78, 5) is 121. The van der Waals surface area contributed by atoms with E-state index < -0.39 is 63.2 Å². The normalized spacial score (nSPS) is 14.2. The lowest BCUT2D eigenvalue weighted by Crippen LogP contribution is -3.00. The Morgan fingerprint density at radius 3 is 1.23 bits per heavy atom. The number of hydrogen-bond donors (Lipinski definition) is 3. The number of esters is 8. The number of halogens is 1. The lowest BCUT2D eigenvalue weighted by atomic mass is 9.75. The molecule has 0 saturated heterocycles. The summed E-state index contributed by atoms with van der Waals surface area (Å²) in [7, 11) is 6.86. The molecule has 18 aromatic rings. The Hall–Kier alpha value is -11.6. The minimum Gasteiger partial charge on any atom is -1.00 e. The van der Waals surface area contributed by atoms with Crippen molar-refractivity contribution in [2.45, 2.75) is 205 Å². The fourth-order valence-corrected chi connectivity index (χ4v) is 24.9. The molecule has 3 aliphatic carbocycles. The molecular formula is C122H135BrN2O20S2. The fraction of sp³-hybridized carbons (Fsp3) is 0.443. The van der Waals surface area contributed by atoms with Gasteiger partial charge in [-0.25, -0.2) is 0 Å². The highest BCUT2D eigenvalue weighted by Gasteiger charge is 2.46. The first-order valence-corrected chi connectivity index (χ1v) is 54.1. The number of ether oxygens (including phenoxy) is 8. The fourth-order valence-electron chi connectivity index (χ4n) is 22.7. The van der Waals surface area contributed by atoms with Crippen LogP contribution in [0.25, 0.3) is 162 Å². The van der Waals surface area contributed by atoms with E-state index in [9.17, 15) is 58.2 Å². The number of quaternary nitrogens is 1. The summed E-state index contributed by atoms with van der Waals surface area (Å²) in [6, 6.07) is 45.6. The van der Waals surface area contributed by atoms with Gasteiger partial charge in [-0.1, -0.05) is 132 Å². The van der Waals surface area contributed by atoms with Crippen LogP contribution in [0.1, 0.15) is 229 Å². The zero-order valence-electron chi connectivity index (χ0n) is 88.0. The molecule has 0 aliphatic heterocycles. The van der Waals surface area contributed by atoms with Crippen LogP contribution >= 0.6 is 23.5 Å². The average Bonchev–Trinajstić information content (AvgIpc) is 1.44. The van der Waals surface area contributed by atoms with Crippen molar-refractivity contribution in [2.75, 3.05) is 111 Å². The molecule has 1 amide bonds. The van der Waals surface area contributed by atoms with Gasteiger partial charge in [-0.05, 0) is 351 Å². The number of amides is 1. The van der Waals surface area contributed by atoms with Gasteiger partial charge < -0.3 is 74.9 Å². The van der Waals surface area contributed by atoms with Crippen molar-refractivity contribution in [2.24, 2.45) is 33.0 Å². The Bertz CT molecular complexity index is 7600. The standard InChI is InChI=1S/C58H38O4.C28H32N2O2.2C18H32O7S.BrH/c1-4-58(2,3)57(60)62-14-13-61-34(59)12-8-11-31(23-9-6-5-7-10-23)42-32-21-29-19-26-15-24-17-28-18-25-16-27-20-30-22-33(42)44-43(32)49-40(29)47-37(26)35(24)45-39(28)46-36(25)38(27)48-41(30)50(44)56-54(48)52(46)51(45)53(47)55(49)56;1-5-19(2)28(32)29-14-7-15-30(3,4)18-25(31)24-16-22-12-10-20-8-6-9-21-11-13-23(17-24)27(22)26(20)21;2*1-7-17(2,3)16(22)25-11-13(19)10-24-14(20)8-9-26-12-18(4,5)15(21)23-6;/h5-7,9-10,15-18,21-22,31,42H,4,8,11-14,19-20H2,1-3H3;6,8-13,16-17,19H,5,7,14-15,18H2,1-4H3;2*13,19H,7-12H2,1-6H3;1H. The number of carbonyl (C=O) groups excluding carboxylic acids is 10. The van der Waals surface area contributed by atoms with E-state index in [1.165, 1.54) is 195 Å². The van der Waals surface area contributed by atoms with Crippen LogP contribution in [0.4, 0.5) is 0 Å². The Morgan fingerprint density at radius 2 is 0.782 bits per heavy atom. The number of methoxy groups -OCH3 is 2. The van der Waals surface area contributed by atoms with E-state index in [0.29, 0.717) is 72.7 Å². The molecule has 147 heavy (non-hydrogen) atoms. The topological polar surface area (TPSA) is 297 Å². The van der Waals surface area contributed by atoms with Gasteiger partial charge in [0.25, 0.3) is 0 Å². The predicted molar refractivity (Wildman–Crippen MR) is 587 cm³/mol. The quantitative estimate of drug-likeness (QED) is 0.00798. The molecule has 772 valence electrons. The smallest absolute Gasteiger partial charge is 0.312 e. The average molecular weight is 2090 g/mol. The SMILES string of the molecule is CCC(C)(C)C(=O)OCC(O)COC(=O)CCSCC(C)(C)C(=O)OC.CCC(C)(C)C(=O)OCC(O)COC(=O)CCSCC(C)(C)C(=O)OC.CCC(C)(C)C(=O)OCCOC(=O)CCCC(c1ccccc1)C1c2cc3c4c5c2c2c1cc1c6c2c2c5c5c4c4c(cc7cc8cc9cc(c%10c9c9c8c(c74)c5c9c2c%106)C1)C3.CCC(C)C(=O)NCCC[N+](C)(C)CC(=O)c1cc2ccc3cccc4ccc(c1)c2c34.[Br-]. The van der Waals surface area contributed by atoms with Gasteiger partial charge in [-0.15, -0.1) is 0 Å². The maximum Gasteiger partial charge on any atom is 0.312 e. The number of hydrogen-bond acceptors (Lipinski definition) is 22. The van der Waals surface area contributed by atoms with Gasteiger partial charge in [0, 0.05) is 59.8 Å². The lowest BCUT2D eigenvalue weighted by molar-refractivity contribution is -0.882. The number of aliphatic hydroxyl groups excluding tert-OH is 2. The van der Waals surface area contributed by atoms with Gasteiger partial charge in [0.2, 0.25) is 11.7 Å². The van der Waals surface area contributed by atoms with Crippen LogP contribution < -0.4 is 22.3 Å². The Morgan fingerprint density at radius 1 is 0.401 bits per heavy atom. The van der Waals surface area contributed by atoms with Crippen LogP contribution in [0, 0.1) is 33.0 Å². The second-order valence-electron chi connectivity index (χ2n) is 44.9. The molecule has 4 unspecified atom stereocenters. The maximum atomic E-state index is 13.3. The van der Waals surface area contributed by atoms with E-state index in [0.717, 1.165) is 55.0 Å². The predicted octanol–water partition coefficient (Wildman–Crippen LogP) is 21.0. The van der Waals surface area contributed by atoms with Gasteiger partial charge in [0.15, 0.2) is 0 Å². The zero-order valence-corrected chi connectivity index (χ0v) is 91.2. The number of thioether (sulfide) groups is 2. The van der Waals surface area contributed by atoms with Gasteiger partial charge in [-0.3, -0.25) is 47.9 Å². The Kier molecular flexibility index (Phi) is 30.3. The van der Waals surface area contributed by atoms with Crippen LogP contribution in [0.15, 0.2) is 121 Å². The second kappa shape index (κ2) is 41.7. The first kappa shape index (κ1) is 107. The molecule has 0 radical (unpaired) electrons. The molecule has 18 aromatic carbocycles. The summed E-state index contributed by atoms with van der Waals surface area (Å²) in [5.74, 6) is -0.0790. The van der Waals surface area contributed by atoms with Gasteiger partial charge >= 0.3 is 47.8 Å². The zero-order chi connectivity index (χ0) is 104. The maximum absolute atomic E-state index is 13.3. The monoisotopic (exact) mass is 2090 g/mol.